The summed E-state index contributed by atoms with van der Waals surface area (Å²) in [5.74, 6) is 0.746. The molecule has 0 saturated carbocycles. The van der Waals surface area contributed by atoms with Crippen LogP contribution < -0.4 is 15.4 Å². The molecule has 4 nitrogen and oxygen atoms in total. The first kappa shape index (κ1) is 17.5. The fourth-order valence-electron chi connectivity index (χ4n) is 2.14. The Balaban J connectivity index is 2.65. The van der Waals surface area contributed by atoms with Crippen LogP contribution in [0.2, 0.25) is 0 Å². The lowest BCUT2D eigenvalue weighted by molar-refractivity contribution is -0.123. The van der Waals surface area contributed by atoms with Crippen LogP contribution in [0.25, 0.3) is 0 Å². The molecule has 1 aromatic carbocycles. The van der Waals surface area contributed by atoms with Crippen molar-refractivity contribution < 1.29 is 9.53 Å². The maximum absolute atomic E-state index is 11.6. The van der Waals surface area contributed by atoms with E-state index in [1.54, 1.807) is 0 Å². The zero-order chi connectivity index (χ0) is 15.8. The van der Waals surface area contributed by atoms with Crippen molar-refractivity contribution in [2.75, 3.05) is 13.2 Å². The van der Waals surface area contributed by atoms with Crippen molar-refractivity contribution in [2.24, 2.45) is 0 Å². The maximum Gasteiger partial charge on any atom is 0.257 e. The van der Waals surface area contributed by atoms with Crippen LogP contribution in [0.4, 0.5) is 0 Å². The van der Waals surface area contributed by atoms with Crippen LogP contribution in [0.1, 0.15) is 43.9 Å². The normalized spacial score (nSPS) is 10.8. The number of nitrogens with one attached hydrogen (secondary N) is 2. The summed E-state index contributed by atoms with van der Waals surface area (Å²) >= 11 is 0. The first-order valence-electron chi connectivity index (χ1n) is 7.67. The van der Waals surface area contributed by atoms with Crippen molar-refractivity contribution >= 4 is 5.91 Å². The van der Waals surface area contributed by atoms with E-state index in [9.17, 15) is 4.79 Å². The van der Waals surface area contributed by atoms with Crippen LogP contribution in [0, 0.1) is 13.8 Å². The Morgan fingerprint density at radius 1 is 1.24 bits per heavy atom. The summed E-state index contributed by atoms with van der Waals surface area (Å²) in [4.78, 5) is 11.6. The van der Waals surface area contributed by atoms with Crippen molar-refractivity contribution in [3.63, 3.8) is 0 Å². The van der Waals surface area contributed by atoms with Gasteiger partial charge in [-0.25, -0.2) is 0 Å². The molecule has 1 rings (SSSR count). The molecule has 0 saturated heterocycles. The Morgan fingerprint density at radius 3 is 2.38 bits per heavy atom. The topological polar surface area (TPSA) is 50.4 Å². The van der Waals surface area contributed by atoms with Gasteiger partial charge in [0.1, 0.15) is 5.75 Å². The van der Waals surface area contributed by atoms with E-state index in [0.29, 0.717) is 12.6 Å². The van der Waals surface area contributed by atoms with Crippen molar-refractivity contribution in [1.29, 1.82) is 0 Å². The van der Waals surface area contributed by atoms with Gasteiger partial charge in [0, 0.05) is 19.1 Å². The van der Waals surface area contributed by atoms with Gasteiger partial charge < -0.3 is 15.4 Å². The molecule has 0 bridgehead atoms. The van der Waals surface area contributed by atoms with Crippen LogP contribution in [-0.4, -0.2) is 25.1 Å². The van der Waals surface area contributed by atoms with Crippen molar-refractivity contribution in [3.05, 3.63) is 28.8 Å². The predicted molar refractivity (Wildman–Crippen MR) is 86.7 cm³/mol. The van der Waals surface area contributed by atoms with Gasteiger partial charge in [-0.15, -0.1) is 0 Å². The third-order valence-corrected chi connectivity index (χ3v) is 3.15. The third kappa shape index (κ3) is 6.17. The molecule has 0 radical (unpaired) electrons. The van der Waals surface area contributed by atoms with Gasteiger partial charge in [-0.05, 0) is 37.0 Å². The molecule has 0 spiro atoms. The Kier molecular flexibility index (Phi) is 7.23. The van der Waals surface area contributed by atoms with E-state index >= 15 is 0 Å². The number of hydrogen-bond acceptors (Lipinski definition) is 3. The predicted octanol–water partition coefficient (Wildman–Crippen LogP) is 2.71. The van der Waals surface area contributed by atoms with E-state index in [4.69, 9.17) is 4.74 Å². The highest BCUT2D eigenvalue weighted by Gasteiger charge is 2.09. The summed E-state index contributed by atoms with van der Waals surface area (Å²) < 4.78 is 5.67. The van der Waals surface area contributed by atoms with Gasteiger partial charge in [-0.3, -0.25) is 4.79 Å². The molecule has 0 aromatic heterocycles. The lowest BCUT2D eigenvalue weighted by Crippen LogP contribution is -2.29. The second kappa shape index (κ2) is 8.67. The molecule has 118 valence electrons. The fraction of sp³-hybridized carbons (Fsp3) is 0.588. The molecular formula is C17H28N2O2. The molecular weight excluding hydrogens is 264 g/mol. The number of hydrogen-bond donors (Lipinski definition) is 2. The Labute approximate surface area is 128 Å². The zero-order valence-corrected chi connectivity index (χ0v) is 13.9. The minimum atomic E-state index is -0.0683. The Hall–Kier alpha value is -1.55. The quantitative estimate of drug-likeness (QED) is 0.774. The first-order valence-corrected chi connectivity index (χ1v) is 7.67. The number of ether oxygens (including phenoxy) is 1. The Morgan fingerprint density at radius 2 is 1.86 bits per heavy atom. The van der Waals surface area contributed by atoms with Crippen LogP contribution in [0.3, 0.4) is 0 Å². The molecule has 0 aliphatic rings. The minimum absolute atomic E-state index is 0.0683. The molecule has 1 aromatic rings. The minimum Gasteiger partial charge on any atom is -0.483 e. The average molecular weight is 292 g/mol. The molecule has 1 amide bonds. The van der Waals surface area contributed by atoms with Gasteiger partial charge in [-0.1, -0.05) is 32.9 Å². The highest BCUT2D eigenvalue weighted by molar-refractivity contribution is 5.77. The standard InChI is InChI=1S/C17H28N2O2/c1-6-7-18-16(20)11-21-17-13(4)8-15(9-14(17)5)10-19-12(2)3/h8-9,12,19H,6-7,10-11H2,1-5H3,(H,18,20). The van der Waals surface area contributed by atoms with E-state index in [2.05, 4.69) is 36.6 Å². The highest BCUT2D eigenvalue weighted by atomic mass is 16.5. The van der Waals surface area contributed by atoms with Gasteiger partial charge in [0.05, 0.1) is 0 Å². The van der Waals surface area contributed by atoms with Crippen LogP contribution in [0.15, 0.2) is 12.1 Å². The number of benzene rings is 1. The van der Waals surface area contributed by atoms with E-state index in [-0.39, 0.29) is 12.5 Å². The van der Waals surface area contributed by atoms with Crippen molar-refractivity contribution in [1.82, 2.24) is 10.6 Å². The van der Waals surface area contributed by atoms with E-state index in [1.165, 1.54) is 5.56 Å². The molecule has 21 heavy (non-hydrogen) atoms. The van der Waals surface area contributed by atoms with Gasteiger partial charge >= 0.3 is 0 Å². The number of carbonyl (C=O) groups is 1. The van der Waals surface area contributed by atoms with Crippen LogP contribution in [-0.2, 0) is 11.3 Å². The number of aryl methyl sites for hydroxylation is 2. The Bertz CT molecular complexity index is 447. The van der Waals surface area contributed by atoms with Crippen molar-refractivity contribution in [3.8, 4) is 5.75 Å². The molecule has 0 fully saturated rings. The second-order valence-electron chi connectivity index (χ2n) is 5.73. The first-order chi connectivity index (χ1) is 9.93. The van der Waals surface area contributed by atoms with Gasteiger partial charge in [-0.2, -0.15) is 0 Å². The summed E-state index contributed by atoms with van der Waals surface area (Å²) in [6.07, 6.45) is 0.932. The smallest absolute Gasteiger partial charge is 0.257 e. The van der Waals surface area contributed by atoms with E-state index in [1.807, 2.05) is 20.8 Å². The monoisotopic (exact) mass is 292 g/mol. The lowest BCUT2D eigenvalue weighted by Gasteiger charge is -2.15. The SMILES string of the molecule is CCCNC(=O)COc1c(C)cc(CNC(C)C)cc1C. The molecule has 0 aliphatic heterocycles. The van der Waals surface area contributed by atoms with Crippen LogP contribution in [0.5, 0.6) is 5.75 Å². The van der Waals surface area contributed by atoms with Crippen molar-refractivity contribution in [2.45, 2.75) is 53.6 Å². The summed E-state index contributed by atoms with van der Waals surface area (Å²) in [6, 6.07) is 4.69. The fourth-order valence-corrected chi connectivity index (χ4v) is 2.14. The number of amides is 1. The largest absolute Gasteiger partial charge is 0.483 e. The summed E-state index contributed by atoms with van der Waals surface area (Å²) in [5.41, 5.74) is 3.37. The maximum atomic E-state index is 11.6. The molecule has 0 aliphatic carbocycles. The summed E-state index contributed by atoms with van der Waals surface area (Å²) in [5, 5.41) is 6.22. The van der Waals surface area contributed by atoms with E-state index in [0.717, 1.165) is 29.8 Å². The van der Waals surface area contributed by atoms with Gasteiger partial charge in [0.2, 0.25) is 0 Å². The summed E-state index contributed by atoms with van der Waals surface area (Å²) in [6.45, 7) is 11.9. The van der Waals surface area contributed by atoms with Crippen LogP contribution >= 0.6 is 0 Å². The molecule has 2 N–H and O–H groups in total. The number of carbonyl (C=O) groups excluding carboxylic acids is 1. The summed E-state index contributed by atoms with van der Waals surface area (Å²) in [7, 11) is 0. The lowest BCUT2D eigenvalue weighted by atomic mass is 10.1. The van der Waals surface area contributed by atoms with Gasteiger partial charge in [0.15, 0.2) is 6.61 Å². The highest BCUT2D eigenvalue weighted by Crippen LogP contribution is 2.24. The third-order valence-electron chi connectivity index (χ3n) is 3.15. The van der Waals surface area contributed by atoms with E-state index < -0.39 is 0 Å². The zero-order valence-electron chi connectivity index (χ0n) is 13.9. The second-order valence-corrected chi connectivity index (χ2v) is 5.73. The molecule has 0 heterocycles. The molecule has 0 atom stereocenters. The average Bonchev–Trinajstić information content (AvgIpc) is 2.41. The molecule has 4 heteroatoms. The number of rotatable bonds is 8. The van der Waals surface area contributed by atoms with Gasteiger partial charge in [0.25, 0.3) is 5.91 Å². The molecule has 0 unspecified atom stereocenters.